The number of nitrogens with one attached hydrogen (secondary N) is 2. The van der Waals surface area contributed by atoms with Gasteiger partial charge in [-0.1, -0.05) is 0 Å². The average molecular weight is 245 g/mol. The molecule has 0 saturated carbocycles. The maximum atomic E-state index is 11.4. The Labute approximate surface area is 98.7 Å². The topological polar surface area (TPSA) is 91.2 Å². The Bertz CT molecular complexity index is 278. The molecule has 0 rings (SSSR count). The lowest BCUT2D eigenvalue weighted by atomic mass is 10.4. The van der Waals surface area contributed by atoms with E-state index in [9.17, 15) is 9.59 Å². The highest BCUT2D eigenvalue weighted by Crippen LogP contribution is 2.05. The monoisotopic (exact) mass is 245 g/mol. The second kappa shape index (κ2) is 8.85. The third-order valence-corrected chi connectivity index (χ3v) is 2.58. The first-order valence-corrected chi connectivity index (χ1v) is 6.02. The predicted molar refractivity (Wildman–Crippen MR) is 61.0 cm³/mol. The summed E-state index contributed by atoms with van der Waals surface area (Å²) >= 11 is 1.30. The Kier molecular flexibility index (Phi) is 8.07. The number of rotatable bonds is 6. The van der Waals surface area contributed by atoms with E-state index in [-0.39, 0.29) is 25.6 Å². The van der Waals surface area contributed by atoms with E-state index in [1.165, 1.54) is 11.8 Å². The van der Waals surface area contributed by atoms with Crippen molar-refractivity contribution in [3.63, 3.8) is 0 Å². The molecular formula is C9H15N3O3S. The summed E-state index contributed by atoms with van der Waals surface area (Å²) in [5, 5.41) is 12.8. The van der Waals surface area contributed by atoms with Crippen LogP contribution in [0, 0.1) is 11.3 Å². The van der Waals surface area contributed by atoms with E-state index >= 15 is 0 Å². The molecule has 0 spiro atoms. The van der Waals surface area contributed by atoms with E-state index in [1.807, 2.05) is 6.07 Å². The molecular weight excluding hydrogens is 230 g/mol. The lowest BCUT2D eigenvalue weighted by Gasteiger charge is -2.13. The zero-order valence-corrected chi connectivity index (χ0v) is 10.1. The van der Waals surface area contributed by atoms with Gasteiger partial charge in [0.2, 0.25) is 5.91 Å². The molecule has 0 saturated heterocycles. The van der Waals surface area contributed by atoms with Crippen molar-refractivity contribution < 1.29 is 14.3 Å². The third-order valence-electron chi connectivity index (χ3n) is 1.63. The van der Waals surface area contributed by atoms with Crippen molar-refractivity contribution in [1.82, 2.24) is 10.6 Å². The molecule has 16 heavy (non-hydrogen) atoms. The summed E-state index contributed by atoms with van der Waals surface area (Å²) in [6.07, 6.45) is 1.21. The van der Waals surface area contributed by atoms with Gasteiger partial charge in [-0.05, 0) is 13.2 Å². The number of hydrogen-bond donors (Lipinski definition) is 2. The van der Waals surface area contributed by atoms with Gasteiger partial charge in [0.15, 0.2) is 0 Å². The van der Waals surface area contributed by atoms with Crippen molar-refractivity contribution in [1.29, 1.82) is 5.26 Å². The maximum absolute atomic E-state index is 11.4. The molecule has 90 valence electrons. The number of amides is 2. The van der Waals surface area contributed by atoms with Crippen molar-refractivity contribution in [2.75, 3.05) is 26.0 Å². The smallest absolute Gasteiger partial charge is 0.407 e. The van der Waals surface area contributed by atoms with Gasteiger partial charge in [-0.15, -0.1) is 0 Å². The molecule has 2 amide bonds. The first kappa shape index (κ1) is 14.6. The molecule has 1 unspecified atom stereocenters. The molecule has 0 radical (unpaired) electrons. The van der Waals surface area contributed by atoms with Crippen LogP contribution in [0.5, 0.6) is 0 Å². The number of nitriles is 1. The van der Waals surface area contributed by atoms with Crippen LogP contribution in [0.4, 0.5) is 4.79 Å². The van der Waals surface area contributed by atoms with Gasteiger partial charge < -0.3 is 15.4 Å². The van der Waals surface area contributed by atoms with Crippen molar-refractivity contribution in [2.45, 2.75) is 12.2 Å². The fourth-order valence-corrected chi connectivity index (χ4v) is 1.43. The summed E-state index contributed by atoms with van der Waals surface area (Å²) in [7, 11) is 0. The normalized spacial score (nSPS) is 11.1. The maximum Gasteiger partial charge on any atom is 0.407 e. The molecule has 0 aromatic heterocycles. The van der Waals surface area contributed by atoms with Crippen molar-refractivity contribution in [3.8, 4) is 6.07 Å². The Morgan fingerprint density at radius 3 is 2.69 bits per heavy atom. The van der Waals surface area contributed by atoms with Gasteiger partial charge in [0.05, 0.1) is 12.7 Å². The molecule has 0 bridgehead atoms. The van der Waals surface area contributed by atoms with Crippen LogP contribution in [0.25, 0.3) is 0 Å². The quantitative estimate of drug-likeness (QED) is 0.648. The molecule has 0 aromatic carbocycles. The molecule has 0 aliphatic rings. The summed E-state index contributed by atoms with van der Waals surface area (Å²) in [6.45, 7) is 2.13. The molecule has 6 nitrogen and oxygen atoms in total. The van der Waals surface area contributed by atoms with Crippen LogP contribution in [0.1, 0.15) is 6.92 Å². The average Bonchev–Trinajstić information content (AvgIpc) is 2.27. The highest BCUT2D eigenvalue weighted by molar-refractivity contribution is 7.99. The molecule has 0 heterocycles. The van der Waals surface area contributed by atoms with Gasteiger partial charge in [-0.3, -0.25) is 4.79 Å². The van der Waals surface area contributed by atoms with Crippen molar-refractivity contribution >= 4 is 23.8 Å². The molecule has 1 atom stereocenters. The number of carbonyl (C=O) groups excluding carboxylic acids is 2. The van der Waals surface area contributed by atoms with Gasteiger partial charge in [0, 0.05) is 6.54 Å². The van der Waals surface area contributed by atoms with E-state index < -0.39 is 11.3 Å². The van der Waals surface area contributed by atoms with E-state index in [0.29, 0.717) is 0 Å². The second-order valence-electron chi connectivity index (χ2n) is 2.70. The van der Waals surface area contributed by atoms with Crippen LogP contribution < -0.4 is 10.6 Å². The number of carbonyl (C=O) groups is 2. The second-order valence-corrected chi connectivity index (χ2v) is 3.74. The minimum Gasteiger partial charge on any atom is -0.450 e. The Morgan fingerprint density at radius 2 is 2.19 bits per heavy atom. The molecule has 2 N–H and O–H groups in total. The van der Waals surface area contributed by atoms with Gasteiger partial charge >= 0.3 is 6.09 Å². The minimum atomic E-state index is -0.547. The summed E-state index contributed by atoms with van der Waals surface area (Å²) in [5.74, 6) is -0.272. The van der Waals surface area contributed by atoms with Crippen LogP contribution in [-0.2, 0) is 9.53 Å². The fraction of sp³-hybridized carbons (Fsp3) is 0.667. The van der Waals surface area contributed by atoms with Gasteiger partial charge in [-0.25, -0.2) is 4.79 Å². The molecule has 7 heteroatoms. The zero-order valence-electron chi connectivity index (χ0n) is 9.28. The van der Waals surface area contributed by atoms with Crippen LogP contribution in [0.3, 0.4) is 0 Å². The standard InChI is InChI=1S/C9H15N3O3S/c1-3-15-9(14)12-6-7(16-2)8(13)11-5-4-10/h7H,3,5-6H2,1-2H3,(H,11,13)(H,12,14). The first-order chi connectivity index (χ1) is 7.65. The van der Waals surface area contributed by atoms with E-state index in [4.69, 9.17) is 5.26 Å². The number of nitrogens with zero attached hydrogens (tertiary/aromatic N) is 1. The van der Waals surface area contributed by atoms with Crippen molar-refractivity contribution in [3.05, 3.63) is 0 Å². The fourth-order valence-electron chi connectivity index (χ4n) is 0.882. The minimum absolute atomic E-state index is 0.0324. The number of ether oxygens (including phenoxy) is 1. The van der Waals surface area contributed by atoms with Gasteiger partial charge in [0.1, 0.15) is 11.8 Å². The number of thioether (sulfide) groups is 1. The summed E-state index contributed by atoms with van der Waals surface area (Å²) in [6, 6.07) is 1.81. The Hall–Kier alpha value is -1.42. The third kappa shape index (κ3) is 6.14. The van der Waals surface area contributed by atoms with Gasteiger partial charge in [-0.2, -0.15) is 17.0 Å². The first-order valence-electron chi connectivity index (χ1n) is 4.73. The lowest BCUT2D eigenvalue weighted by Crippen LogP contribution is -2.41. The highest BCUT2D eigenvalue weighted by Gasteiger charge is 2.17. The Balaban J connectivity index is 3.95. The van der Waals surface area contributed by atoms with Crippen LogP contribution in [0.15, 0.2) is 0 Å². The molecule has 0 aliphatic heterocycles. The predicted octanol–water partition coefficient (Wildman–Crippen LogP) is 0.104. The lowest BCUT2D eigenvalue weighted by molar-refractivity contribution is -0.120. The summed E-state index contributed by atoms with van der Waals surface area (Å²) in [4.78, 5) is 22.4. The van der Waals surface area contributed by atoms with Crippen molar-refractivity contribution in [2.24, 2.45) is 0 Å². The van der Waals surface area contributed by atoms with Crippen LogP contribution in [-0.4, -0.2) is 43.2 Å². The SMILES string of the molecule is CCOC(=O)NCC(SC)C(=O)NCC#N. The highest BCUT2D eigenvalue weighted by atomic mass is 32.2. The Morgan fingerprint density at radius 1 is 1.50 bits per heavy atom. The molecule has 0 aromatic rings. The van der Waals surface area contributed by atoms with E-state index in [1.54, 1.807) is 13.2 Å². The largest absolute Gasteiger partial charge is 0.450 e. The van der Waals surface area contributed by atoms with Gasteiger partial charge in [0.25, 0.3) is 0 Å². The molecule has 0 aliphatic carbocycles. The van der Waals surface area contributed by atoms with Crippen LogP contribution in [0.2, 0.25) is 0 Å². The van der Waals surface area contributed by atoms with E-state index in [2.05, 4.69) is 15.4 Å². The summed E-state index contributed by atoms with van der Waals surface area (Å²) in [5.41, 5.74) is 0. The molecule has 0 fully saturated rings. The zero-order chi connectivity index (χ0) is 12.4. The number of hydrogen-bond acceptors (Lipinski definition) is 5. The van der Waals surface area contributed by atoms with Crippen LogP contribution >= 0.6 is 11.8 Å². The van der Waals surface area contributed by atoms with E-state index in [0.717, 1.165) is 0 Å². The number of alkyl carbamates (subject to hydrolysis) is 1. The summed E-state index contributed by atoms with van der Waals surface area (Å²) < 4.78 is 4.65.